The van der Waals surface area contributed by atoms with Crippen molar-refractivity contribution in [1.29, 1.82) is 0 Å². The van der Waals surface area contributed by atoms with Crippen molar-refractivity contribution >= 4 is 35.6 Å². The number of benzene rings is 2. The molecule has 0 unspecified atom stereocenters. The second kappa shape index (κ2) is 11.1. The number of nitrogens with zero attached hydrogens (tertiary/aromatic N) is 2. The van der Waals surface area contributed by atoms with Gasteiger partial charge in [0.1, 0.15) is 11.5 Å². The minimum Gasteiger partial charge on any atom is -0.495 e. The molecule has 4 rings (SSSR count). The van der Waals surface area contributed by atoms with Gasteiger partial charge in [0.05, 0.1) is 48.1 Å². The Kier molecular flexibility index (Phi) is 8.47. The molecule has 1 aliphatic rings. The topological polar surface area (TPSA) is 77.4 Å². The van der Waals surface area contributed by atoms with Gasteiger partial charge >= 0.3 is 0 Å². The quantitative estimate of drug-likeness (QED) is 0.476. The molecule has 0 spiro atoms. The average molecular weight is 505 g/mol. The van der Waals surface area contributed by atoms with Crippen LogP contribution in [0, 0.1) is 13.8 Å². The van der Waals surface area contributed by atoms with E-state index in [1.54, 1.807) is 18.3 Å². The summed E-state index contributed by atoms with van der Waals surface area (Å²) in [5, 5.41) is 11.4. The van der Waals surface area contributed by atoms with Gasteiger partial charge in [-0.05, 0) is 57.5 Å². The summed E-state index contributed by atoms with van der Waals surface area (Å²) < 4.78 is 12.6. The van der Waals surface area contributed by atoms with E-state index < -0.39 is 0 Å². The van der Waals surface area contributed by atoms with E-state index in [9.17, 15) is 4.79 Å². The first-order chi connectivity index (χ1) is 15.9. The third-order valence-corrected chi connectivity index (χ3v) is 6.37. The van der Waals surface area contributed by atoms with Gasteiger partial charge in [0.15, 0.2) is 0 Å². The Hall–Kier alpha value is -2.74. The van der Waals surface area contributed by atoms with Gasteiger partial charge < -0.3 is 20.1 Å². The molecule has 0 aliphatic carbocycles. The van der Waals surface area contributed by atoms with E-state index in [0.717, 1.165) is 42.9 Å². The second-order valence-corrected chi connectivity index (χ2v) is 8.72. The smallest absolute Gasteiger partial charge is 0.259 e. The predicted molar refractivity (Wildman–Crippen MR) is 138 cm³/mol. The number of ether oxygens (including phenoxy) is 2. The molecule has 1 amide bonds. The minimum atomic E-state index is -0.251. The summed E-state index contributed by atoms with van der Waals surface area (Å²) in [5.41, 5.74) is 5.24. The first-order valence-electron chi connectivity index (χ1n) is 11.0. The zero-order valence-corrected chi connectivity index (χ0v) is 21.3. The Morgan fingerprint density at radius 1 is 1.12 bits per heavy atom. The zero-order valence-electron chi connectivity index (χ0n) is 19.8. The number of anilines is 1. The molecule has 182 valence electrons. The van der Waals surface area contributed by atoms with Crippen molar-refractivity contribution in [1.82, 2.24) is 15.1 Å². The maximum atomic E-state index is 13.5. The number of piperidine rings is 1. The molecule has 34 heavy (non-hydrogen) atoms. The van der Waals surface area contributed by atoms with Gasteiger partial charge in [-0.3, -0.25) is 4.79 Å². The molecule has 3 aromatic rings. The van der Waals surface area contributed by atoms with Gasteiger partial charge in [0, 0.05) is 12.0 Å². The molecular formula is C25H30Cl2N4O3. The molecule has 7 nitrogen and oxygen atoms in total. The van der Waals surface area contributed by atoms with Crippen molar-refractivity contribution in [3.63, 3.8) is 0 Å². The lowest BCUT2D eigenvalue weighted by molar-refractivity contribution is 0.102. The number of methoxy groups -OCH3 is 2. The number of carbonyl (C=O) groups is 1. The maximum Gasteiger partial charge on any atom is 0.259 e. The highest BCUT2D eigenvalue weighted by atomic mass is 35.5. The Labute approximate surface area is 211 Å². The van der Waals surface area contributed by atoms with Gasteiger partial charge in [-0.15, -0.1) is 12.4 Å². The van der Waals surface area contributed by atoms with Crippen molar-refractivity contribution in [2.45, 2.75) is 32.6 Å². The molecule has 0 atom stereocenters. The first-order valence-corrected chi connectivity index (χ1v) is 11.4. The van der Waals surface area contributed by atoms with E-state index >= 15 is 0 Å². The molecule has 1 aliphatic heterocycles. The highest BCUT2D eigenvalue weighted by Crippen LogP contribution is 2.37. The summed E-state index contributed by atoms with van der Waals surface area (Å²) in [4.78, 5) is 13.5. The van der Waals surface area contributed by atoms with E-state index in [-0.39, 0.29) is 24.2 Å². The lowest BCUT2D eigenvalue weighted by Gasteiger charge is -2.25. The predicted octanol–water partition coefficient (Wildman–Crippen LogP) is 5.30. The van der Waals surface area contributed by atoms with Crippen molar-refractivity contribution in [2.75, 3.05) is 32.6 Å². The normalized spacial score (nSPS) is 13.8. The summed E-state index contributed by atoms with van der Waals surface area (Å²) in [6.07, 6.45) is 3.53. The van der Waals surface area contributed by atoms with Crippen LogP contribution >= 0.6 is 24.0 Å². The number of nitrogens with one attached hydrogen (secondary N) is 2. The Morgan fingerprint density at radius 2 is 1.82 bits per heavy atom. The molecule has 1 aromatic heterocycles. The molecule has 0 radical (unpaired) electrons. The molecular weight excluding hydrogens is 475 g/mol. The molecule has 1 saturated heterocycles. The Morgan fingerprint density at radius 3 is 2.47 bits per heavy atom. The number of aromatic nitrogens is 2. The van der Waals surface area contributed by atoms with Crippen LogP contribution in [-0.4, -0.2) is 43.0 Å². The van der Waals surface area contributed by atoms with E-state index in [2.05, 4.69) is 47.8 Å². The summed E-state index contributed by atoms with van der Waals surface area (Å²) in [7, 11) is 3.07. The second-order valence-electron chi connectivity index (χ2n) is 8.31. The van der Waals surface area contributed by atoms with Crippen molar-refractivity contribution < 1.29 is 14.3 Å². The van der Waals surface area contributed by atoms with Gasteiger partial charge in [0.25, 0.3) is 5.91 Å². The van der Waals surface area contributed by atoms with Gasteiger partial charge in [0.2, 0.25) is 0 Å². The minimum absolute atomic E-state index is 0. The fourth-order valence-electron chi connectivity index (χ4n) is 4.40. The fraction of sp³-hybridized carbons (Fsp3) is 0.360. The summed E-state index contributed by atoms with van der Waals surface area (Å²) >= 11 is 6.30. The van der Waals surface area contributed by atoms with Crippen LogP contribution in [0.15, 0.2) is 36.5 Å². The van der Waals surface area contributed by atoms with Crippen molar-refractivity contribution in [3.05, 3.63) is 63.9 Å². The first kappa shape index (κ1) is 25.9. The van der Waals surface area contributed by atoms with Crippen LogP contribution in [0.2, 0.25) is 5.02 Å². The van der Waals surface area contributed by atoms with Crippen LogP contribution in [-0.2, 0) is 0 Å². The standard InChI is InChI=1S/C25H29ClN4O3.ClH/c1-15-5-6-21(16(2)11-15)30-24(17-7-9-27-10-8-17)18(14-28-30)25(31)29-20-12-19(26)22(32-3)13-23(20)33-4;/h5-6,11-14,17,27H,7-10H2,1-4H3,(H,29,31);1H. The van der Waals surface area contributed by atoms with Gasteiger partial charge in [-0.2, -0.15) is 5.10 Å². The highest BCUT2D eigenvalue weighted by molar-refractivity contribution is 6.32. The number of carbonyl (C=O) groups excluding carboxylic acids is 1. The molecule has 0 saturated carbocycles. The number of aryl methyl sites for hydroxylation is 2. The molecule has 0 bridgehead atoms. The Balaban J connectivity index is 0.00000324. The third-order valence-electron chi connectivity index (χ3n) is 6.08. The monoisotopic (exact) mass is 504 g/mol. The van der Waals surface area contributed by atoms with Gasteiger partial charge in [-0.25, -0.2) is 4.68 Å². The SMILES string of the molecule is COc1cc(OC)c(NC(=O)c2cnn(-c3ccc(C)cc3C)c2C2CCNCC2)cc1Cl.Cl. The van der Waals surface area contributed by atoms with Crippen molar-refractivity contribution in [3.8, 4) is 17.2 Å². The van der Waals surface area contributed by atoms with E-state index in [1.807, 2.05) is 4.68 Å². The van der Waals surface area contributed by atoms with Crippen LogP contribution < -0.4 is 20.1 Å². The summed E-state index contributed by atoms with van der Waals surface area (Å²) in [6.45, 7) is 5.96. The third kappa shape index (κ3) is 5.17. The van der Waals surface area contributed by atoms with Crippen molar-refractivity contribution in [2.24, 2.45) is 0 Å². The number of halogens is 2. The van der Waals surface area contributed by atoms with Crippen LogP contribution in [0.5, 0.6) is 11.5 Å². The van der Waals surface area contributed by atoms with E-state index in [1.165, 1.54) is 19.8 Å². The van der Waals surface area contributed by atoms with Gasteiger partial charge in [-0.1, -0.05) is 29.3 Å². The number of hydrogen-bond acceptors (Lipinski definition) is 5. The fourth-order valence-corrected chi connectivity index (χ4v) is 4.64. The number of rotatable bonds is 6. The van der Waals surface area contributed by atoms with Crippen LogP contribution in [0.1, 0.15) is 45.9 Å². The maximum absolute atomic E-state index is 13.5. The van der Waals surface area contributed by atoms with Crippen LogP contribution in [0.3, 0.4) is 0 Å². The largest absolute Gasteiger partial charge is 0.495 e. The molecule has 2 N–H and O–H groups in total. The Bertz CT molecular complexity index is 1170. The molecule has 2 aromatic carbocycles. The summed E-state index contributed by atoms with van der Waals surface area (Å²) in [5.74, 6) is 0.912. The lowest BCUT2D eigenvalue weighted by atomic mass is 9.91. The molecule has 9 heteroatoms. The van der Waals surface area contributed by atoms with E-state index in [0.29, 0.717) is 27.8 Å². The average Bonchev–Trinajstić information content (AvgIpc) is 3.25. The number of hydrogen-bond donors (Lipinski definition) is 2. The van der Waals surface area contributed by atoms with Crippen LogP contribution in [0.25, 0.3) is 5.69 Å². The van der Waals surface area contributed by atoms with E-state index in [4.69, 9.17) is 21.1 Å². The lowest BCUT2D eigenvalue weighted by Crippen LogP contribution is -2.29. The number of amides is 1. The highest BCUT2D eigenvalue weighted by Gasteiger charge is 2.28. The zero-order chi connectivity index (χ0) is 23.5. The summed E-state index contributed by atoms with van der Waals surface area (Å²) in [6, 6.07) is 9.56. The molecule has 2 heterocycles. The molecule has 1 fully saturated rings. The van der Waals surface area contributed by atoms with Crippen LogP contribution in [0.4, 0.5) is 5.69 Å².